The summed E-state index contributed by atoms with van der Waals surface area (Å²) in [5.74, 6) is 1.88. The fraction of sp³-hybridized carbons (Fsp3) is 0.0769. The van der Waals surface area contributed by atoms with Gasteiger partial charge in [0.05, 0.1) is 16.6 Å². The Morgan fingerprint density at radius 2 is 1.25 bits per heavy atom. The Labute approximate surface area is 254 Å². The van der Waals surface area contributed by atoms with E-state index in [2.05, 4.69) is 97.3 Å². The van der Waals surface area contributed by atoms with Gasteiger partial charge in [-0.2, -0.15) is 9.97 Å². The second-order valence-electron chi connectivity index (χ2n) is 11.9. The topological polar surface area (TPSA) is 56.5 Å². The van der Waals surface area contributed by atoms with E-state index in [0.29, 0.717) is 17.6 Å². The summed E-state index contributed by atoms with van der Waals surface area (Å²) in [6.45, 7) is 4.66. The lowest BCUT2D eigenvalue weighted by atomic mass is 9.81. The fourth-order valence-electron chi connectivity index (χ4n) is 7.12. The Bertz CT molecular complexity index is 2350. The highest BCUT2D eigenvalue weighted by Crippen LogP contribution is 2.53. The molecule has 1 aliphatic carbocycles. The predicted molar refractivity (Wildman–Crippen MR) is 178 cm³/mol. The molecule has 9 rings (SSSR count). The van der Waals surface area contributed by atoms with Gasteiger partial charge in [-0.1, -0.05) is 117 Å². The van der Waals surface area contributed by atoms with Gasteiger partial charge < -0.3 is 0 Å². The zero-order valence-corrected chi connectivity index (χ0v) is 24.4. The summed E-state index contributed by atoms with van der Waals surface area (Å²) >= 11 is 0. The van der Waals surface area contributed by atoms with Crippen LogP contribution in [0.1, 0.15) is 25.0 Å². The van der Waals surface area contributed by atoms with Gasteiger partial charge in [0.2, 0.25) is 5.95 Å². The molecular weight excluding hydrogens is 538 g/mol. The SMILES string of the molecule is CC1(C)c2ccccc2-c2ccc3c4c5cccnc5ccc4n(-c4nc(-c5ccccc5)nc(-c5ccccc5)n4)c3c21. The van der Waals surface area contributed by atoms with E-state index < -0.39 is 0 Å². The fourth-order valence-corrected chi connectivity index (χ4v) is 7.12. The first-order chi connectivity index (χ1) is 21.6. The van der Waals surface area contributed by atoms with E-state index in [1.165, 1.54) is 27.6 Å². The van der Waals surface area contributed by atoms with Crippen LogP contribution in [0.4, 0.5) is 0 Å². The number of aromatic nitrogens is 5. The van der Waals surface area contributed by atoms with Crippen molar-refractivity contribution in [2.75, 3.05) is 0 Å². The lowest BCUT2D eigenvalue weighted by Gasteiger charge is -2.23. The lowest BCUT2D eigenvalue weighted by molar-refractivity contribution is 0.663. The van der Waals surface area contributed by atoms with Crippen molar-refractivity contribution >= 4 is 32.7 Å². The van der Waals surface area contributed by atoms with Crippen LogP contribution in [0.2, 0.25) is 0 Å². The molecule has 0 N–H and O–H groups in total. The van der Waals surface area contributed by atoms with E-state index in [4.69, 9.17) is 19.9 Å². The number of benzene rings is 5. The van der Waals surface area contributed by atoms with Gasteiger partial charge in [0.15, 0.2) is 11.6 Å². The van der Waals surface area contributed by atoms with Gasteiger partial charge in [0.25, 0.3) is 0 Å². The molecule has 0 radical (unpaired) electrons. The number of nitrogens with zero attached hydrogens (tertiary/aromatic N) is 5. The van der Waals surface area contributed by atoms with E-state index >= 15 is 0 Å². The third-order valence-electron chi connectivity index (χ3n) is 9.08. The van der Waals surface area contributed by atoms with E-state index in [0.717, 1.165) is 38.4 Å². The summed E-state index contributed by atoms with van der Waals surface area (Å²) in [6, 6.07) is 42.1. The third kappa shape index (κ3) is 3.47. The average molecular weight is 566 g/mol. The molecule has 0 spiro atoms. The molecule has 5 nitrogen and oxygen atoms in total. The monoisotopic (exact) mass is 565 g/mol. The highest BCUT2D eigenvalue weighted by atomic mass is 15.2. The molecule has 0 bridgehead atoms. The van der Waals surface area contributed by atoms with Crippen molar-refractivity contribution in [3.05, 3.63) is 139 Å². The normalized spacial score (nSPS) is 13.4. The van der Waals surface area contributed by atoms with Gasteiger partial charge in [-0.25, -0.2) is 4.98 Å². The van der Waals surface area contributed by atoms with Crippen LogP contribution in [0.3, 0.4) is 0 Å². The minimum Gasteiger partial charge on any atom is -0.277 e. The molecule has 0 fully saturated rings. The zero-order valence-electron chi connectivity index (χ0n) is 24.4. The average Bonchev–Trinajstić information content (AvgIpc) is 3.54. The van der Waals surface area contributed by atoms with Gasteiger partial charge in [-0.05, 0) is 40.5 Å². The molecule has 0 amide bonds. The molecule has 1 aliphatic rings. The Morgan fingerprint density at radius 3 is 1.98 bits per heavy atom. The van der Waals surface area contributed by atoms with Crippen molar-refractivity contribution in [3.63, 3.8) is 0 Å². The van der Waals surface area contributed by atoms with Gasteiger partial charge >= 0.3 is 0 Å². The molecular formula is C39H27N5. The molecule has 0 unspecified atom stereocenters. The van der Waals surface area contributed by atoms with Crippen LogP contribution < -0.4 is 0 Å². The molecule has 0 saturated carbocycles. The summed E-state index contributed by atoms with van der Waals surface area (Å²) in [4.78, 5) is 20.1. The zero-order chi connectivity index (χ0) is 29.4. The van der Waals surface area contributed by atoms with Crippen molar-refractivity contribution in [2.45, 2.75) is 19.3 Å². The highest BCUT2D eigenvalue weighted by molar-refractivity contribution is 6.22. The first-order valence-electron chi connectivity index (χ1n) is 14.9. The van der Waals surface area contributed by atoms with Gasteiger partial charge in [-0.3, -0.25) is 9.55 Å². The summed E-state index contributed by atoms with van der Waals surface area (Å²) in [7, 11) is 0. The van der Waals surface area contributed by atoms with Crippen LogP contribution in [-0.4, -0.2) is 24.5 Å². The first kappa shape index (κ1) is 24.9. The molecule has 3 heterocycles. The summed E-state index contributed by atoms with van der Waals surface area (Å²) in [5, 5.41) is 3.44. The maximum absolute atomic E-state index is 5.20. The largest absolute Gasteiger partial charge is 0.277 e. The van der Waals surface area contributed by atoms with E-state index in [-0.39, 0.29) is 5.41 Å². The van der Waals surface area contributed by atoms with Crippen molar-refractivity contribution in [1.82, 2.24) is 24.5 Å². The summed E-state index contributed by atoms with van der Waals surface area (Å²) in [5.41, 5.74) is 9.95. The second kappa shape index (κ2) is 9.16. The van der Waals surface area contributed by atoms with Crippen LogP contribution in [-0.2, 0) is 5.41 Å². The van der Waals surface area contributed by atoms with Crippen LogP contribution in [0.5, 0.6) is 0 Å². The Kier molecular flexibility index (Phi) is 5.18. The van der Waals surface area contributed by atoms with Crippen LogP contribution in [0.25, 0.3) is 72.6 Å². The van der Waals surface area contributed by atoms with E-state index in [1.54, 1.807) is 0 Å². The minimum atomic E-state index is -0.233. The molecule has 5 heteroatoms. The number of hydrogen-bond donors (Lipinski definition) is 0. The van der Waals surface area contributed by atoms with Gasteiger partial charge in [0, 0.05) is 38.9 Å². The smallest absolute Gasteiger partial charge is 0.238 e. The minimum absolute atomic E-state index is 0.233. The standard InChI is InChI=1S/C39H27N5/c1-39(2)30-18-10-9-16-26(30)27-19-20-29-33-28-17-11-23-40-31(28)21-22-32(33)44(35(29)34(27)39)38-42-36(24-12-5-3-6-13-24)41-37(43-38)25-14-7-4-8-15-25/h3-23H,1-2H3. The second-order valence-corrected chi connectivity index (χ2v) is 11.9. The van der Waals surface area contributed by atoms with Crippen LogP contribution >= 0.6 is 0 Å². The molecule has 5 aromatic carbocycles. The maximum Gasteiger partial charge on any atom is 0.238 e. The van der Waals surface area contributed by atoms with Crippen LogP contribution in [0.15, 0.2) is 128 Å². The molecule has 8 aromatic rings. The maximum atomic E-state index is 5.20. The Hall–Kier alpha value is -5.68. The Morgan fingerprint density at radius 1 is 0.568 bits per heavy atom. The number of pyridine rings is 1. The van der Waals surface area contributed by atoms with Crippen molar-refractivity contribution in [2.24, 2.45) is 0 Å². The van der Waals surface area contributed by atoms with Gasteiger partial charge in [0.1, 0.15) is 0 Å². The van der Waals surface area contributed by atoms with Crippen molar-refractivity contribution < 1.29 is 0 Å². The molecule has 0 aliphatic heterocycles. The number of fused-ring (bicyclic) bond motifs is 9. The van der Waals surface area contributed by atoms with Crippen LogP contribution in [0, 0.1) is 0 Å². The predicted octanol–water partition coefficient (Wildman–Crippen LogP) is 9.16. The third-order valence-corrected chi connectivity index (χ3v) is 9.08. The highest BCUT2D eigenvalue weighted by Gasteiger charge is 2.38. The Balaban J connectivity index is 1.47. The van der Waals surface area contributed by atoms with E-state index in [9.17, 15) is 0 Å². The van der Waals surface area contributed by atoms with Gasteiger partial charge in [-0.15, -0.1) is 0 Å². The molecule has 0 atom stereocenters. The molecule has 44 heavy (non-hydrogen) atoms. The number of rotatable bonds is 3. The van der Waals surface area contributed by atoms with Crippen molar-refractivity contribution in [1.29, 1.82) is 0 Å². The summed E-state index contributed by atoms with van der Waals surface area (Å²) < 4.78 is 2.27. The summed E-state index contributed by atoms with van der Waals surface area (Å²) in [6.07, 6.45) is 1.86. The molecule has 0 saturated heterocycles. The van der Waals surface area contributed by atoms with E-state index in [1.807, 2.05) is 48.7 Å². The number of hydrogen-bond acceptors (Lipinski definition) is 4. The molecule has 3 aromatic heterocycles. The first-order valence-corrected chi connectivity index (χ1v) is 14.9. The quantitative estimate of drug-likeness (QED) is 0.214. The molecule has 208 valence electrons. The van der Waals surface area contributed by atoms with Crippen molar-refractivity contribution in [3.8, 4) is 39.9 Å². The lowest BCUT2D eigenvalue weighted by Crippen LogP contribution is -2.17.